The number of methoxy groups -OCH3 is 2. The lowest BCUT2D eigenvalue weighted by atomic mass is 9.87. The van der Waals surface area contributed by atoms with Crippen molar-refractivity contribution in [1.29, 1.82) is 0 Å². The number of rotatable bonds is 4. The summed E-state index contributed by atoms with van der Waals surface area (Å²) in [7, 11) is 3.35. The predicted octanol–water partition coefficient (Wildman–Crippen LogP) is 5.13. The van der Waals surface area contributed by atoms with Crippen LogP contribution in [-0.4, -0.2) is 24.2 Å². The van der Waals surface area contributed by atoms with Crippen molar-refractivity contribution >= 4 is 10.9 Å². The van der Waals surface area contributed by atoms with Gasteiger partial charge < -0.3 is 18.9 Å². The summed E-state index contributed by atoms with van der Waals surface area (Å²) in [5.74, 6) is 1.15. The van der Waals surface area contributed by atoms with Gasteiger partial charge in [-0.2, -0.15) is 0 Å². The molecule has 1 atom stereocenters. The highest BCUT2D eigenvalue weighted by atomic mass is 16.5. The van der Waals surface area contributed by atoms with Gasteiger partial charge in [-0.25, -0.2) is 4.98 Å². The molecule has 5 rings (SSSR count). The second-order valence-corrected chi connectivity index (χ2v) is 8.71. The Hall–Kier alpha value is -3.38. The number of hydrogen-bond donors (Lipinski definition) is 1. The molecule has 1 aliphatic carbocycles. The maximum Gasteiger partial charge on any atom is 0.190 e. The highest BCUT2D eigenvalue weighted by Crippen LogP contribution is 2.48. The number of fused-ring (bicyclic) bond motifs is 2. The molecule has 0 amide bonds. The molecule has 1 N–H and O–H groups in total. The second-order valence-electron chi connectivity index (χ2n) is 8.71. The van der Waals surface area contributed by atoms with E-state index in [2.05, 4.69) is 42.0 Å². The zero-order chi connectivity index (χ0) is 21.8. The molecule has 2 heterocycles. The molecule has 2 aromatic heterocycles. The molecule has 0 aliphatic heterocycles. The second kappa shape index (κ2) is 7.10. The van der Waals surface area contributed by atoms with Crippen molar-refractivity contribution in [3.8, 4) is 28.3 Å². The van der Waals surface area contributed by atoms with E-state index in [1.165, 1.54) is 17.5 Å². The summed E-state index contributed by atoms with van der Waals surface area (Å²) >= 11 is 0. The summed E-state index contributed by atoms with van der Waals surface area (Å²) in [6.07, 6.45) is 3.95. The van der Waals surface area contributed by atoms with Crippen molar-refractivity contribution in [2.24, 2.45) is 5.41 Å². The first-order chi connectivity index (χ1) is 14.9. The number of nitrogens with one attached hydrogen (secondary N) is 1. The number of aromatic nitrogens is 2. The predicted molar refractivity (Wildman–Crippen MR) is 119 cm³/mol. The Morgan fingerprint density at radius 3 is 2.71 bits per heavy atom. The summed E-state index contributed by atoms with van der Waals surface area (Å²) in [4.78, 5) is 20.4. The number of benzene rings is 2. The van der Waals surface area contributed by atoms with E-state index in [9.17, 15) is 4.79 Å². The molecule has 1 aliphatic rings. The monoisotopic (exact) mass is 416 g/mol. The SMILES string of the molecule is COc1cc2[nH]c(-c3ccc4c(c3)C(OC)C(C)(C)C4)cc(=O)c2cc1-c1cnco1. The molecule has 31 heavy (non-hydrogen) atoms. The number of H-pyrrole nitrogens is 1. The third-order valence-electron chi connectivity index (χ3n) is 6.18. The van der Waals surface area contributed by atoms with Gasteiger partial charge in [-0.1, -0.05) is 26.0 Å². The van der Waals surface area contributed by atoms with Crippen molar-refractivity contribution in [2.75, 3.05) is 14.2 Å². The number of nitrogens with zero attached hydrogens (tertiary/aromatic N) is 1. The summed E-state index contributed by atoms with van der Waals surface area (Å²) in [5.41, 5.74) is 5.55. The maximum atomic E-state index is 13.0. The molecule has 0 saturated heterocycles. The fourth-order valence-corrected chi connectivity index (χ4v) is 4.76. The summed E-state index contributed by atoms with van der Waals surface area (Å²) in [5, 5.41) is 0.563. The van der Waals surface area contributed by atoms with Gasteiger partial charge in [0.2, 0.25) is 0 Å². The van der Waals surface area contributed by atoms with E-state index in [4.69, 9.17) is 13.9 Å². The van der Waals surface area contributed by atoms with Gasteiger partial charge in [0.1, 0.15) is 5.75 Å². The van der Waals surface area contributed by atoms with E-state index in [1.807, 2.05) is 6.07 Å². The van der Waals surface area contributed by atoms with Crippen LogP contribution in [0.5, 0.6) is 5.75 Å². The summed E-state index contributed by atoms with van der Waals surface area (Å²) < 4.78 is 16.8. The van der Waals surface area contributed by atoms with E-state index in [-0.39, 0.29) is 16.9 Å². The van der Waals surface area contributed by atoms with Gasteiger partial charge in [0, 0.05) is 30.3 Å². The zero-order valence-corrected chi connectivity index (χ0v) is 18.0. The minimum atomic E-state index is -0.0729. The lowest BCUT2D eigenvalue weighted by Gasteiger charge is -2.26. The summed E-state index contributed by atoms with van der Waals surface area (Å²) in [6, 6.07) is 11.6. The van der Waals surface area contributed by atoms with Crippen LogP contribution in [0.4, 0.5) is 0 Å². The van der Waals surface area contributed by atoms with Crippen LogP contribution in [0.25, 0.3) is 33.5 Å². The highest BCUT2D eigenvalue weighted by Gasteiger charge is 2.39. The van der Waals surface area contributed by atoms with Gasteiger partial charge >= 0.3 is 0 Å². The third kappa shape index (κ3) is 3.15. The molecule has 1 unspecified atom stereocenters. The fourth-order valence-electron chi connectivity index (χ4n) is 4.76. The third-order valence-corrected chi connectivity index (χ3v) is 6.18. The Balaban J connectivity index is 1.65. The average Bonchev–Trinajstić information content (AvgIpc) is 3.36. The van der Waals surface area contributed by atoms with Crippen LogP contribution < -0.4 is 10.2 Å². The standard InChI is InChI=1S/C25H24N2O4/c1-25(2)11-15-6-5-14(7-16(15)24(25)30-4)19-9-21(28)17-8-18(23-12-26-13-31-23)22(29-3)10-20(17)27-19/h5-10,12-13,24H,11H2,1-4H3,(H,27,28). The molecule has 2 aromatic carbocycles. The molecular formula is C25H24N2O4. The van der Waals surface area contributed by atoms with Gasteiger partial charge in [-0.05, 0) is 40.7 Å². The topological polar surface area (TPSA) is 77.4 Å². The molecule has 4 aromatic rings. The quantitative estimate of drug-likeness (QED) is 0.499. The minimum Gasteiger partial charge on any atom is -0.496 e. The fraction of sp³-hybridized carbons (Fsp3) is 0.280. The Bertz CT molecular complexity index is 1340. The van der Waals surface area contributed by atoms with Gasteiger partial charge in [-0.15, -0.1) is 0 Å². The van der Waals surface area contributed by atoms with Gasteiger partial charge in [0.15, 0.2) is 17.6 Å². The maximum absolute atomic E-state index is 13.0. The first-order valence-corrected chi connectivity index (χ1v) is 10.2. The van der Waals surface area contributed by atoms with E-state index in [0.29, 0.717) is 28.0 Å². The van der Waals surface area contributed by atoms with Crippen molar-refractivity contribution < 1.29 is 13.9 Å². The number of pyridine rings is 1. The number of oxazole rings is 1. The van der Waals surface area contributed by atoms with Crippen molar-refractivity contribution in [3.63, 3.8) is 0 Å². The molecule has 0 spiro atoms. The van der Waals surface area contributed by atoms with Crippen LogP contribution in [-0.2, 0) is 11.2 Å². The Morgan fingerprint density at radius 2 is 2.00 bits per heavy atom. The van der Waals surface area contributed by atoms with Crippen LogP contribution in [0.2, 0.25) is 0 Å². The van der Waals surface area contributed by atoms with Crippen LogP contribution in [0.1, 0.15) is 31.1 Å². The molecular weight excluding hydrogens is 392 g/mol. The first-order valence-electron chi connectivity index (χ1n) is 10.2. The summed E-state index contributed by atoms with van der Waals surface area (Å²) in [6.45, 7) is 4.44. The Morgan fingerprint density at radius 1 is 1.16 bits per heavy atom. The van der Waals surface area contributed by atoms with Crippen molar-refractivity contribution in [3.05, 3.63) is 70.3 Å². The Labute approximate surface area is 179 Å². The van der Waals surface area contributed by atoms with Crippen LogP contribution in [0, 0.1) is 5.41 Å². The van der Waals surface area contributed by atoms with E-state index in [0.717, 1.165) is 17.7 Å². The first kappa shape index (κ1) is 19.6. The van der Waals surface area contributed by atoms with E-state index in [1.54, 1.807) is 32.5 Å². The van der Waals surface area contributed by atoms with Gasteiger partial charge in [0.25, 0.3) is 0 Å². The number of aromatic amines is 1. The Kier molecular flexibility index (Phi) is 4.48. The normalized spacial score (nSPS) is 17.1. The lowest BCUT2D eigenvalue weighted by Crippen LogP contribution is -2.19. The molecule has 6 nitrogen and oxygen atoms in total. The van der Waals surface area contributed by atoms with E-state index < -0.39 is 0 Å². The molecule has 0 bridgehead atoms. The molecule has 0 saturated carbocycles. The minimum absolute atomic E-state index is 0.0270. The van der Waals surface area contributed by atoms with Crippen LogP contribution in [0.15, 0.2) is 58.2 Å². The molecule has 158 valence electrons. The largest absolute Gasteiger partial charge is 0.496 e. The average molecular weight is 416 g/mol. The van der Waals surface area contributed by atoms with Crippen molar-refractivity contribution in [2.45, 2.75) is 26.4 Å². The number of hydrogen-bond acceptors (Lipinski definition) is 5. The lowest BCUT2D eigenvalue weighted by molar-refractivity contribution is 0.0190. The molecule has 6 heteroatoms. The van der Waals surface area contributed by atoms with Crippen molar-refractivity contribution in [1.82, 2.24) is 9.97 Å². The zero-order valence-electron chi connectivity index (χ0n) is 18.0. The van der Waals surface area contributed by atoms with Gasteiger partial charge in [0.05, 0.1) is 30.5 Å². The number of ether oxygens (including phenoxy) is 2. The molecule has 0 fully saturated rings. The highest BCUT2D eigenvalue weighted by molar-refractivity contribution is 5.88. The van der Waals surface area contributed by atoms with Crippen LogP contribution in [0.3, 0.4) is 0 Å². The van der Waals surface area contributed by atoms with E-state index >= 15 is 0 Å². The van der Waals surface area contributed by atoms with Crippen LogP contribution >= 0.6 is 0 Å². The molecule has 0 radical (unpaired) electrons. The van der Waals surface area contributed by atoms with Gasteiger partial charge in [-0.3, -0.25) is 4.79 Å². The smallest absolute Gasteiger partial charge is 0.190 e.